The van der Waals surface area contributed by atoms with Crippen LogP contribution in [0, 0.1) is 0 Å². The molecular formula is C17H15NO3. The van der Waals surface area contributed by atoms with Gasteiger partial charge in [-0.05, 0) is 28.3 Å². The molecule has 0 spiro atoms. The topological polar surface area (TPSA) is 55.4 Å². The average molecular weight is 281 g/mol. The summed E-state index contributed by atoms with van der Waals surface area (Å²) in [5.41, 5.74) is 5.50. The lowest BCUT2D eigenvalue weighted by Crippen LogP contribution is -2.20. The normalized spacial score (nSPS) is 11.5. The van der Waals surface area contributed by atoms with Gasteiger partial charge < -0.3 is 10.1 Å². The highest BCUT2D eigenvalue weighted by Crippen LogP contribution is 2.39. The summed E-state index contributed by atoms with van der Waals surface area (Å²) < 4.78 is 4.71. The van der Waals surface area contributed by atoms with Crippen molar-refractivity contribution in [1.29, 1.82) is 0 Å². The quantitative estimate of drug-likeness (QED) is 0.751. The summed E-state index contributed by atoms with van der Waals surface area (Å²) in [6.45, 7) is 1.02. The van der Waals surface area contributed by atoms with E-state index >= 15 is 0 Å². The number of hydrogen-bond donors (Lipinski definition) is 1. The molecule has 0 radical (unpaired) electrons. The largest absolute Gasteiger partial charge is 0.456 e. The van der Waals surface area contributed by atoms with Gasteiger partial charge in [0, 0.05) is 19.0 Å². The van der Waals surface area contributed by atoms with Crippen molar-refractivity contribution in [3.05, 3.63) is 53.6 Å². The molecule has 1 amide bonds. The lowest BCUT2D eigenvalue weighted by atomic mass is 10.1. The lowest BCUT2D eigenvalue weighted by molar-refractivity contribution is -0.144. The Balaban J connectivity index is 1.83. The van der Waals surface area contributed by atoms with E-state index in [2.05, 4.69) is 23.5 Å². The van der Waals surface area contributed by atoms with Crippen LogP contribution in [0.4, 0.5) is 5.69 Å². The van der Waals surface area contributed by atoms with Crippen molar-refractivity contribution in [3.8, 4) is 11.1 Å². The molecule has 0 aromatic heterocycles. The van der Waals surface area contributed by atoms with Gasteiger partial charge >= 0.3 is 5.97 Å². The first-order chi connectivity index (χ1) is 10.1. The van der Waals surface area contributed by atoms with E-state index in [0.29, 0.717) is 0 Å². The van der Waals surface area contributed by atoms with Crippen LogP contribution in [-0.4, -0.2) is 18.5 Å². The highest BCUT2D eigenvalue weighted by molar-refractivity contribution is 5.95. The summed E-state index contributed by atoms with van der Waals surface area (Å²) >= 11 is 0. The van der Waals surface area contributed by atoms with Gasteiger partial charge in [-0.25, -0.2) is 0 Å². The molecule has 1 N–H and O–H groups in total. The molecule has 0 unspecified atom stereocenters. The highest BCUT2D eigenvalue weighted by Gasteiger charge is 2.21. The molecule has 106 valence electrons. The van der Waals surface area contributed by atoms with E-state index in [0.717, 1.165) is 23.2 Å². The second-order valence-electron chi connectivity index (χ2n) is 4.99. The molecule has 0 saturated carbocycles. The van der Waals surface area contributed by atoms with E-state index in [1.807, 2.05) is 24.3 Å². The number of hydrogen-bond acceptors (Lipinski definition) is 3. The molecule has 0 saturated heterocycles. The predicted molar refractivity (Wildman–Crippen MR) is 79.9 cm³/mol. The van der Waals surface area contributed by atoms with Gasteiger partial charge in [0.2, 0.25) is 0 Å². The smallest absolute Gasteiger partial charge is 0.303 e. The van der Waals surface area contributed by atoms with Crippen molar-refractivity contribution in [2.45, 2.75) is 13.3 Å². The van der Waals surface area contributed by atoms with Crippen molar-refractivity contribution < 1.29 is 14.3 Å². The maximum Gasteiger partial charge on any atom is 0.303 e. The van der Waals surface area contributed by atoms with Gasteiger partial charge in [-0.2, -0.15) is 0 Å². The van der Waals surface area contributed by atoms with Crippen molar-refractivity contribution in [1.82, 2.24) is 0 Å². The third-order valence-corrected chi connectivity index (χ3v) is 3.53. The summed E-state index contributed by atoms with van der Waals surface area (Å²) in [7, 11) is 0. The van der Waals surface area contributed by atoms with Crippen LogP contribution in [0.3, 0.4) is 0 Å². The van der Waals surface area contributed by atoms with E-state index in [-0.39, 0.29) is 12.5 Å². The fourth-order valence-corrected chi connectivity index (χ4v) is 2.63. The Morgan fingerprint density at radius 2 is 1.86 bits per heavy atom. The van der Waals surface area contributed by atoms with E-state index in [1.165, 1.54) is 18.1 Å². The maximum absolute atomic E-state index is 11.8. The van der Waals surface area contributed by atoms with Crippen molar-refractivity contribution in [2.24, 2.45) is 0 Å². The molecule has 1 aliphatic carbocycles. The van der Waals surface area contributed by atoms with E-state index in [1.54, 1.807) is 0 Å². The third-order valence-electron chi connectivity index (χ3n) is 3.53. The fraction of sp³-hybridized carbons (Fsp3) is 0.176. The van der Waals surface area contributed by atoms with Gasteiger partial charge in [-0.15, -0.1) is 0 Å². The van der Waals surface area contributed by atoms with Gasteiger partial charge in [-0.3, -0.25) is 9.59 Å². The minimum Gasteiger partial charge on any atom is -0.456 e. The Bertz CT molecular complexity index is 722. The summed E-state index contributed by atoms with van der Waals surface area (Å²) in [5, 5.41) is 2.82. The molecule has 3 rings (SSSR count). The molecule has 0 bridgehead atoms. The Labute approximate surface area is 122 Å². The Kier molecular flexibility index (Phi) is 3.44. The molecule has 4 heteroatoms. The average Bonchev–Trinajstić information content (AvgIpc) is 2.85. The maximum atomic E-state index is 11.8. The molecule has 0 fully saturated rings. The minimum absolute atomic E-state index is 0.258. The number of carbonyl (C=O) groups excluding carboxylic acids is 2. The number of esters is 1. The molecule has 2 aromatic rings. The predicted octanol–water partition coefficient (Wildman–Crippen LogP) is 2.76. The number of fused-ring (bicyclic) bond motifs is 3. The molecule has 0 atom stereocenters. The lowest BCUT2D eigenvalue weighted by Gasteiger charge is -2.10. The van der Waals surface area contributed by atoms with Gasteiger partial charge in [0.05, 0.1) is 0 Å². The highest BCUT2D eigenvalue weighted by atomic mass is 16.5. The van der Waals surface area contributed by atoms with Crippen LogP contribution < -0.4 is 5.32 Å². The number of benzene rings is 2. The third kappa shape index (κ3) is 2.65. The second kappa shape index (κ2) is 5.40. The molecule has 21 heavy (non-hydrogen) atoms. The first-order valence-corrected chi connectivity index (χ1v) is 6.78. The first kappa shape index (κ1) is 13.4. The Morgan fingerprint density at radius 1 is 1.10 bits per heavy atom. The zero-order valence-corrected chi connectivity index (χ0v) is 11.7. The van der Waals surface area contributed by atoms with E-state index < -0.39 is 5.97 Å². The van der Waals surface area contributed by atoms with E-state index in [9.17, 15) is 9.59 Å². The van der Waals surface area contributed by atoms with E-state index in [4.69, 9.17) is 4.74 Å². The molecule has 2 aromatic carbocycles. The molecule has 4 nitrogen and oxygen atoms in total. The van der Waals surface area contributed by atoms with Crippen LogP contribution in [0.1, 0.15) is 18.1 Å². The van der Waals surface area contributed by atoms with Crippen LogP contribution in [-0.2, 0) is 20.7 Å². The van der Waals surface area contributed by atoms with Gasteiger partial charge in [0.15, 0.2) is 6.61 Å². The zero-order chi connectivity index (χ0) is 14.8. The van der Waals surface area contributed by atoms with Crippen LogP contribution in [0.2, 0.25) is 0 Å². The standard InChI is InChI=1S/C17H15NO3/c1-11(19)21-10-17(20)18-16-8-4-7-14-13-6-3-2-5-12(13)9-15(14)16/h2-8H,9-10H2,1H3,(H,18,20). The van der Waals surface area contributed by atoms with Gasteiger partial charge in [0.25, 0.3) is 5.91 Å². The Hall–Kier alpha value is -2.62. The second-order valence-corrected chi connectivity index (χ2v) is 4.99. The number of carbonyl (C=O) groups is 2. The summed E-state index contributed by atoms with van der Waals surface area (Å²) in [6, 6.07) is 14.1. The number of amides is 1. The summed E-state index contributed by atoms with van der Waals surface area (Å²) in [5.74, 6) is -0.787. The van der Waals surface area contributed by atoms with Crippen LogP contribution in [0.25, 0.3) is 11.1 Å². The SMILES string of the molecule is CC(=O)OCC(=O)Nc1cccc2c1Cc1ccccc1-2. The molecular weight excluding hydrogens is 266 g/mol. The molecule has 1 aliphatic rings. The van der Waals surface area contributed by atoms with Gasteiger partial charge in [0.1, 0.15) is 0 Å². The number of rotatable bonds is 3. The minimum atomic E-state index is -0.462. The van der Waals surface area contributed by atoms with Crippen molar-refractivity contribution in [2.75, 3.05) is 11.9 Å². The number of nitrogens with one attached hydrogen (secondary N) is 1. The van der Waals surface area contributed by atoms with Crippen molar-refractivity contribution >= 4 is 17.6 Å². The van der Waals surface area contributed by atoms with Crippen LogP contribution in [0.15, 0.2) is 42.5 Å². The number of anilines is 1. The van der Waals surface area contributed by atoms with Gasteiger partial charge in [-0.1, -0.05) is 36.4 Å². The summed E-state index contributed by atoms with van der Waals surface area (Å²) in [4.78, 5) is 22.5. The fourth-order valence-electron chi connectivity index (χ4n) is 2.63. The Morgan fingerprint density at radius 3 is 2.67 bits per heavy atom. The molecule has 0 heterocycles. The monoisotopic (exact) mass is 281 g/mol. The number of ether oxygens (including phenoxy) is 1. The van der Waals surface area contributed by atoms with Crippen LogP contribution in [0.5, 0.6) is 0 Å². The summed E-state index contributed by atoms with van der Waals surface area (Å²) in [6.07, 6.45) is 0.801. The van der Waals surface area contributed by atoms with Crippen molar-refractivity contribution in [3.63, 3.8) is 0 Å². The molecule has 0 aliphatic heterocycles. The zero-order valence-electron chi connectivity index (χ0n) is 11.7. The van der Waals surface area contributed by atoms with Crippen LogP contribution >= 0.6 is 0 Å². The first-order valence-electron chi connectivity index (χ1n) is 6.78.